The minimum atomic E-state index is 0.339. The van der Waals surface area contributed by atoms with Crippen molar-refractivity contribution in [2.45, 2.75) is 0 Å². The van der Waals surface area contributed by atoms with E-state index in [4.69, 9.17) is 15.8 Å². The Morgan fingerprint density at radius 3 is 1.62 bits per heavy atom. The SMILES string of the molecule is C=N/C=C(\N=C)c1ccccc1.N#Cc1cc(C#N)cc(C#N)c1. The van der Waals surface area contributed by atoms with Crippen molar-refractivity contribution in [2.75, 3.05) is 0 Å². The van der Waals surface area contributed by atoms with Gasteiger partial charge < -0.3 is 0 Å². The summed E-state index contributed by atoms with van der Waals surface area (Å²) in [7, 11) is 0. The van der Waals surface area contributed by atoms with Crippen LogP contribution in [0.15, 0.2) is 64.7 Å². The fourth-order valence-electron chi connectivity index (χ4n) is 1.72. The molecule has 0 aliphatic rings. The summed E-state index contributed by atoms with van der Waals surface area (Å²) in [4.78, 5) is 7.46. The van der Waals surface area contributed by atoms with E-state index in [-0.39, 0.29) is 0 Å². The lowest BCUT2D eigenvalue weighted by Gasteiger charge is -1.97. The summed E-state index contributed by atoms with van der Waals surface area (Å²) in [6.45, 7) is 6.81. The van der Waals surface area contributed by atoms with Crippen molar-refractivity contribution in [1.29, 1.82) is 15.8 Å². The topological polar surface area (TPSA) is 96.1 Å². The average Bonchev–Trinajstić information content (AvgIpc) is 2.66. The van der Waals surface area contributed by atoms with Gasteiger partial charge >= 0.3 is 0 Å². The van der Waals surface area contributed by atoms with Gasteiger partial charge in [-0.25, -0.2) is 0 Å². The Kier molecular flexibility index (Phi) is 7.40. The van der Waals surface area contributed by atoms with E-state index >= 15 is 0 Å². The quantitative estimate of drug-likeness (QED) is 0.808. The molecule has 2 aromatic carbocycles. The van der Waals surface area contributed by atoms with Crippen LogP contribution in [-0.4, -0.2) is 13.4 Å². The van der Waals surface area contributed by atoms with E-state index in [2.05, 4.69) is 23.4 Å². The second kappa shape index (κ2) is 9.84. The molecule has 0 aliphatic heterocycles. The molecule has 0 bridgehead atoms. The third kappa shape index (κ3) is 5.41. The minimum Gasteiger partial charge on any atom is -0.270 e. The number of rotatable bonds is 3. The third-order valence-corrected chi connectivity index (χ3v) is 2.77. The highest BCUT2D eigenvalue weighted by atomic mass is 14.8. The van der Waals surface area contributed by atoms with E-state index in [0.29, 0.717) is 16.7 Å². The van der Waals surface area contributed by atoms with Crippen LogP contribution in [0.5, 0.6) is 0 Å². The molecule has 0 amide bonds. The zero-order valence-electron chi connectivity index (χ0n) is 12.8. The van der Waals surface area contributed by atoms with Crippen LogP contribution >= 0.6 is 0 Å². The monoisotopic (exact) mass is 311 g/mol. The molecule has 0 aliphatic carbocycles. The van der Waals surface area contributed by atoms with E-state index in [9.17, 15) is 0 Å². The van der Waals surface area contributed by atoms with E-state index < -0.39 is 0 Å². The lowest BCUT2D eigenvalue weighted by Crippen LogP contribution is -1.82. The highest BCUT2D eigenvalue weighted by molar-refractivity contribution is 5.68. The molecular weight excluding hydrogens is 298 g/mol. The summed E-state index contributed by atoms with van der Waals surface area (Å²) >= 11 is 0. The molecule has 0 radical (unpaired) electrons. The van der Waals surface area contributed by atoms with Gasteiger partial charge in [0.1, 0.15) is 0 Å². The van der Waals surface area contributed by atoms with E-state index in [1.807, 2.05) is 48.5 Å². The zero-order chi connectivity index (χ0) is 17.8. The second-order valence-electron chi connectivity index (χ2n) is 4.36. The highest BCUT2D eigenvalue weighted by Crippen LogP contribution is 2.14. The third-order valence-electron chi connectivity index (χ3n) is 2.77. The molecule has 2 aromatic rings. The first-order valence-corrected chi connectivity index (χ1v) is 6.72. The number of hydrogen-bond acceptors (Lipinski definition) is 5. The van der Waals surface area contributed by atoms with Gasteiger partial charge in [-0.05, 0) is 31.6 Å². The smallest absolute Gasteiger partial charge is 0.0992 e. The van der Waals surface area contributed by atoms with Crippen molar-refractivity contribution in [3.8, 4) is 18.2 Å². The molecule has 0 fully saturated rings. The molecule has 5 nitrogen and oxygen atoms in total. The maximum absolute atomic E-state index is 8.51. The molecule has 24 heavy (non-hydrogen) atoms. The Hall–Kier alpha value is -4.01. The van der Waals surface area contributed by atoms with Crippen molar-refractivity contribution in [1.82, 2.24) is 0 Å². The Balaban J connectivity index is 0.000000240. The van der Waals surface area contributed by atoms with Crippen LogP contribution in [0.25, 0.3) is 5.70 Å². The molecule has 2 rings (SSSR count). The van der Waals surface area contributed by atoms with Gasteiger partial charge in [0.15, 0.2) is 0 Å². The molecule has 0 saturated heterocycles. The van der Waals surface area contributed by atoms with Crippen LogP contribution in [0.1, 0.15) is 22.3 Å². The summed E-state index contributed by atoms with van der Waals surface area (Å²) in [5, 5.41) is 25.5. The lowest BCUT2D eigenvalue weighted by molar-refractivity contribution is 1.42. The van der Waals surface area contributed by atoms with Crippen LogP contribution < -0.4 is 0 Å². The summed E-state index contributed by atoms with van der Waals surface area (Å²) < 4.78 is 0. The number of nitriles is 3. The molecule has 0 saturated carbocycles. The molecular formula is C19H13N5. The molecule has 5 heteroatoms. The Labute approximate surface area is 140 Å². The van der Waals surface area contributed by atoms with Crippen molar-refractivity contribution < 1.29 is 0 Å². The fraction of sp³-hybridized carbons (Fsp3) is 0. The normalized spacial score (nSPS) is 9.29. The number of benzene rings is 2. The summed E-state index contributed by atoms with van der Waals surface area (Å²) in [5.74, 6) is 0. The number of nitrogens with zero attached hydrogens (tertiary/aromatic N) is 5. The molecule has 0 N–H and O–H groups in total. The van der Waals surface area contributed by atoms with Crippen molar-refractivity contribution in [2.24, 2.45) is 9.98 Å². The average molecular weight is 311 g/mol. The maximum Gasteiger partial charge on any atom is 0.0992 e. The van der Waals surface area contributed by atoms with E-state index in [0.717, 1.165) is 11.3 Å². The predicted molar refractivity (Wildman–Crippen MR) is 94.1 cm³/mol. The van der Waals surface area contributed by atoms with Crippen molar-refractivity contribution in [3.05, 3.63) is 77.0 Å². The van der Waals surface area contributed by atoms with Crippen LogP contribution in [0.3, 0.4) is 0 Å². The van der Waals surface area contributed by atoms with Crippen molar-refractivity contribution >= 4 is 19.1 Å². The first kappa shape index (κ1) is 18.0. The van der Waals surface area contributed by atoms with Crippen LogP contribution in [0.2, 0.25) is 0 Å². The van der Waals surface area contributed by atoms with E-state index in [1.54, 1.807) is 6.20 Å². The van der Waals surface area contributed by atoms with Gasteiger partial charge in [0.05, 0.1) is 46.8 Å². The van der Waals surface area contributed by atoms with Crippen LogP contribution in [-0.2, 0) is 0 Å². The predicted octanol–water partition coefficient (Wildman–Crippen LogP) is 3.69. The molecule has 0 atom stereocenters. The first-order chi connectivity index (χ1) is 11.7. The number of aliphatic imine (C=N–C) groups is 2. The first-order valence-electron chi connectivity index (χ1n) is 6.72. The zero-order valence-corrected chi connectivity index (χ0v) is 12.8. The molecule has 0 spiro atoms. The summed E-state index contributed by atoms with van der Waals surface area (Å²) in [5.41, 5.74) is 2.76. The van der Waals surface area contributed by atoms with Gasteiger partial charge in [-0.3, -0.25) is 9.98 Å². The molecule has 114 valence electrons. The van der Waals surface area contributed by atoms with Gasteiger partial charge in [-0.2, -0.15) is 15.8 Å². The molecule has 0 heterocycles. The van der Waals surface area contributed by atoms with Gasteiger partial charge in [0.2, 0.25) is 0 Å². The van der Waals surface area contributed by atoms with Gasteiger partial charge in [-0.15, -0.1) is 0 Å². The standard InChI is InChI=1S/C10H10N2.C9H3N3/c1-11-8-10(12-2)9-6-4-3-5-7-9;10-4-7-1-8(5-11)3-9(2-7)6-12/h3-8H,1-2H2;1-3H/b10-8-;. The second-order valence-corrected chi connectivity index (χ2v) is 4.36. The van der Waals surface area contributed by atoms with Crippen LogP contribution in [0, 0.1) is 34.0 Å². The highest BCUT2D eigenvalue weighted by Gasteiger charge is 1.98. The minimum absolute atomic E-state index is 0.339. The number of hydrogen-bond donors (Lipinski definition) is 0. The van der Waals surface area contributed by atoms with Gasteiger partial charge in [-0.1, -0.05) is 30.3 Å². The maximum atomic E-state index is 8.51. The summed E-state index contributed by atoms with van der Waals surface area (Å²) in [6.07, 6.45) is 1.59. The van der Waals surface area contributed by atoms with Crippen LogP contribution in [0.4, 0.5) is 0 Å². The van der Waals surface area contributed by atoms with Crippen molar-refractivity contribution in [3.63, 3.8) is 0 Å². The molecule has 0 aromatic heterocycles. The molecule has 0 unspecified atom stereocenters. The summed E-state index contributed by atoms with van der Waals surface area (Å²) in [6, 6.07) is 19.7. The lowest BCUT2D eigenvalue weighted by atomic mass is 10.1. The Bertz CT molecular complexity index is 796. The Morgan fingerprint density at radius 2 is 1.29 bits per heavy atom. The largest absolute Gasteiger partial charge is 0.270 e. The van der Waals surface area contributed by atoms with Gasteiger partial charge in [0, 0.05) is 5.56 Å². The Morgan fingerprint density at radius 1 is 0.833 bits per heavy atom. The van der Waals surface area contributed by atoms with E-state index in [1.165, 1.54) is 18.2 Å². The van der Waals surface area contributed by atoms with Gasteiger partial charge in [0.25, 0.3) is 0 Å². The fourth-order valence-corrected chi connectivity index (χ4v) is 1.72.